The van der Waals surface area contributed by atoms with Gasteiger partial charge in [0.05, 0.1) is 17.1 Å². The number of halogens is 3. The molecule has 4 rings (SSSR count). The van der Waals surface area contributed by atoms with Crippen molar-refractivity contribution >= 4 is 23.1 Å². The molecule has 0 saturated heterocycles. The molecule has 31 heavy (non-hydrogen) atoms. The number of allylic oxidation sites excluding steroid dienone is 1. The Balaban J connectivity index is 1.60. The summed E-state index contributed by atoms with van der Waals surface area (Å²) >= 11 is 5.93. The average Bonchev–Trinajstić information content (AvgIpc) is 3.35. The van der Waals surface area contributed by atoms with Gasteiger partial charge in [0.2, 0.25) is 0 Å². The summed E-state index contributed by atoms with van der Waals surface area (Å²) in [5.41, 5.74) is 2.97. The van der Waals surface area contributed by atoms with Gasteiger partial charge in [-0.25, -0.2) is 18.3 Å². The number of aromatic nitrogens is 2. The third-order valence-electron chi connectivity index (χ3n) is 5.16. The second-order valence-corrected chi connectivity index (χ2v) is 7.78. The quantitative estimate of drug-likeness (QED) is 0.528. The van der Waals surface area contributed by atoms with Crippen LogP contribution < -0.4 is 4.74 Å². The highest BCUT2D eigenvalue weighted by atomic mass is 35.5. The fourth-order valence-corrected chi connectivity index (χ4v) is 3.90. The Kier molecular flexibility index (Phi) is 5.78. The molecule has 8 heteroatoms. The molecule has 5 nitrogen and oxygen atoms in total. The highest BCUT2D eigenvalue weighted by molar-refractivity contribution is 6.30. The van der Waals surface area contributed by atoms with Crippen molar-refractivity contribution in [3.05, 3.63) is 81.6 Å². The number of rotatable bonds is 6. The highest BCUT2D eigenvalue weighted by Gasteiger charge is 2.24. The zero-order valence-electron chi connectivity index (χ0n) is 16.7. The van der Waals surface area contributed by atoms with Crippen LogP contribution in [0.25, 0.3) is 11.3 Å². The minimum Gasteiger partial charge on any atom is -0.481 e. The van der Waals surface area contributed by atoms with Crippen molar-refractivity contribution in [2.24, 2.45) is 0 Å². The molecule has 1 aromatic heterocycles. The fraction of sp³-hybridized carbons (Fsp3) is 0.217. The van der Waals surface area contributed by atoms with E-state index in [1.807, 2.05) is 0 Å². The van der Waals surface area contributed by atoms with Crippen molar-refractivity contribution in [2.45, 2.75) is 32.8 Å². The minimum absolute atomic E-state index is 0.111. The largest absolute Gasteiger partial charge is 0.481 e. The maximum absolute atomic E-state index is 14.7. The Labute approximate surface area is 182 Å². The summed E-state index contributed by atoms with van der Waals surface area (Å²) in [6, 6.07) is 11.0. The summed E-state index contributed by atoms with van der Waals surface area (Å²) < 4.78 is 36.5. The molecular formula is C23H19ClF2N2O3. The van der Waals surface area contributed by atoms with Gasteiger partial charge in [-0.2, -0.15) is 5.10 Å². The van der Waals surface area contributed by atoms with Crippen LogP contribution in [0.5, 0.6) is 5.75 Å². The van der Waals surface area contributed by atoms with Gasteiger partial charge in [-0.3, -0.25) is 0 Å². The third-order valence-corrected chi connectivity index (χ3v) is 5.42. The SMILES string of the molecule is Cc1cc(COc2c(F)cc(C3=C(C(=O)O)CCC3)cc2F)n(-c2ccc(Cl)cc2)n1. The lowest BCUT2D eigenvalue weighted by molar-refractivity contribution is -0.132. The molecule has 1 aliphatic carbocycles. The van der Waals surface area contributed by atoms with Crippen LogP contribution in [0, 0.1) is 18.6 Å². The van der Waals surface area contributed by atoms with Gasteiger partial charge >= 0.3 is 5.97 Å². The van der Waals surface area contributed by atoms with Crippen LogP contribution in [0.4, 0.5) is 8.78 Å². The molecular weight excluding hydrogens is 426 g/mol. The number of ether oxygens (including phenoxy) is 1. The first kappa shape index (κ1) is 21.1. The maximum atomic E-state index is 14.7. The molecule has 1 N–H and O–H groups in total. The van der Waals surface area contributed by atoms with E-state index in [9.17, 15) is 18.7 Å². The van der Waals surface area contributed by atoms with E-state index in [1.165, 1.54) is 0 Å². The Morgan fingerprint density at radius 3 is 2.48 bits per heavy atom. The van der Waals surface area contributed by atoms with Gasteiger partial charge < -0.3 is 9.84 Å². The summed E-state index contributed by atoms with van der Waals surface area (Å²) in [6.07, 6.45) is 1.51. The Morgan fingerprint density at radius 1 is 1.16 bits per heavy atom. The van der Waals surface area contributed by atoms with E-state index in [-0.39, 0.29) is 17.7 Å². The first-order valence-electron chi connectivity index (χ1n) is 9.72. The molecule has 160 valence electrons. The van der Waals surface area contributed by atoms with E-state index in [1.54, 1.807) is 41.9 Å². The number of carbonyl (C=O) groups is 1. The molecule has 0 saturated carbocycles. The van der Waals surface area contributed by atoms with Gasteiger partial charge in [0.15, 0.2) is 17.4 Å². The van der Waals surface area contributed by atoms with Crippen LogP contribution in [0.2, 0.25) is 5.02 Å². The first-order valence-corrected chi connectivity index (χ1v) is 10.1. The van der Waals surface area contributed by atoms with Crippen LogP contribution in [-0.4, -0.2) is 20.9 Å². The minimum atomic E-state index is -1.06. The number of hydrogen-bond donors (Lipinski definition) is 1. The molecule has 2 aromatic carbocycles. The van der Waals surface area contributed by atoms with E-state index in [0.29, 0.717) is 35.6 Å². The molecule has 1 heterocycles. The van der Waals surface area contributed by atoms with Crippen molar-refractivity contribution in [1.82, 2.24) is 9.78 Å². The number of hydrogen-bond acceptors (Lipinski definition) is 3. The Bertz CT molecular complexity index is 1160. The smallest absolute Gasteiger partial charge is 0.331 e. The molecule has 0 radical (unpaired) electrons. The van der Waals surface area contributed by atoms with E-state index in [2.05, 4.69) is 5.10 Å². The van der Waals surface area contributed by atoms with E-state index < -0.39 is 23.4 Å². The van der Waals surface area contributed by atoms with Gasteiger partial charge in [-0.15, -0.1) is 0 Å². The molecule has 3 aromatic rings. The number of benzene rings is 2. The van der Waals surface area contributed by atoms with Crippen molar-refractivity contribution in [3.8, 4) is 11.4 Å². The lowest BCUT2D eigenvalue weighted by Gasteiger charge is -2.13. The molecule has 0 aliphatic heterocycles. The number of nitrogens with zero attached hydrogens (tertiary/aromatic N) is 2. The van der Waals surface area contributed by atoms with Gasteiger partial charge in [0.1, 0.15) is 6.61 Å². The molecule has 0 fully saturated rings. The molecule has 0 bridgehead atoms. The Morgan fingerprint density at radius 2 is 1.84 bits per heavy atom. The number of aryl methyl sites for hydroxylation is 1. The predicted octanol–water partition coefficient (Wildman–Crippen LogP) is 5.71. The molecule has 1 aliphatic rings. The van der Waals surface area contributed by atoms with Crippen LogP contribution in [0.15, 0.2) is 48.0 Å². The van der Waals surface area contributed by atoms with Crippen LogP contribution >= 0.6 is 11.6 Å². The summed E-state index contributed by atoms with van der Waals surface area (Å²) in [4.78, 5) is 11.4. The van der Waals surface area contributed by atoms with Gasteiger partial charge in [0, 0.05) is 10.6 Å². The average molecular weight is 445 g/mol. The summed E-state index contributed by atoms with van der Waals surface area (Å²) in [5, 5.41) is 14.3. The zero-order chi connectivity index (χ0) is 22.1. The maximum Gasteiger partial charge on any atom is 0.331 e. The van der Waals surface area contributed by atoms with Crippen LogP contribution in [0.1, 0.15) is 36.2 Å². The Hall–Kier alpha value is -3.19. The number of aliphatic carboxylic acids is 1. The number of carboxylic acids is 1. The second-order valence-electron chi connectivity index (χ2n) is 7.34. The molecule has 0 spiro atoms. The number of carboxylic acid groups (broad SMARTS) is 1. The molecule has 0 unspecified atom stereocenters. The summed E-state index contributed by atoms with van der Waals surface area (Å²) in [6.45, 7) is 1.70. The van der Waals surface area contributed by atoms with Gasteiger partial charge in [0.25, 0.3) is 0 Å². The van der Waals surface area contributed by atoms with E-state index >= 15 is 0 Å². The predicted molar refractivity (Wildman–Crippen MR) is 112 cm³/mol. The van der Waals surface area contributed by atoms with E-state index in [0.717, 1.165) is 23.5 Å². The fourth-order valence-electron chi connectivity index (χ4n) is 3.78. The van der Waals surface area contributed by atoms with Crippen molar-refractivity contribution in [2.75, 3.05) is 0 Å². The van der Waals surface area contributed by atoms with Crippen LogP contribution in [0.3, 0.4) is 0 Å². The molecule has 0 atom stereocenters. The summed E-state index contributed by atoms with van der Waals surface area (Å²) in [5.74, 6) is -3.33. The second kappa shape index (κ2) is 8.51. The van der Waals surface area contributed by atoms with Crippen molar-refractivity contribution < 1.29 is 23.4 Å². The normalized spacial score (nSPS) is 13.7. The lowest BCUT2D eigenvalue weighted by Crippen LogP contribution is -2.07. The zero-order valence-corrected chi connectivity index (χ0v) is 17.4. The highest BCUT2D eigenvalue weighted by Crippen LogP contribution is 2.36. The van der Waals surface area contributed by atoms with Gasteiger partial charge in [-0.1, -0.05) is 11.6 Å². The van der Waals surface area contributed by atoms with Crippen LogP contribution in [-0.2, 0) is 11.4 Å². The first-order chi connectivity index (χ1) is 14.8. The monoisotopic (exact) mass is 444 g/mol. The molecule has 0 amide bonds. The summed E-state index contributed by atoms with van der Waals surface area (Å²) in [7, 11) is 0. The third kappa shape index (κ3) is 4.32. The van der Waals surface area contributed by atoms with Crippen molar-refractivity contribution in [3.63, 3.8) is 0 Å². The van der Waals surface area contributed by atoms with Crippen molar-refractivity contribution in [1.29, 1.82) is 0 Å². The lowest BCUT2D eigenvalue weighted by atomic mass is 10.0. The topological polar surface area (TPSA) is 64.3 Å². The van der Waals surface area contributed by atoms with Gasteiger partial charge in [-0.05, 0) is 79.8 Å². The standard InChI is InChI=1S/C23H19ClF2N2O3/c1-13-9-17(28(27-13)16-7-5-15(24)6-8-16)12-31-22-20(25)10-14(11-21(22)26)18-3-2-4-19(18)23(29)30/h5-11H,2-4,12H2,1H3,(H,29,30). The van der Waals surface area contributed by atoms with E-state index in [4.69, 9.17) is 16.3 Å².